The van der Waals surface area contributed by atoms with E-state index in [0.29, 0.717) is 11.6 Å². The van der Waals surface area contributed by atoms with E-state index in [-0.39, 0.29) is 78.1 Å². The lowest BCUT2D eigenvalue weighted by Gasteiger charge is -2.44. The van der Waals surface area contributed by atoms with Crippen LogP contribution < -0.4 is 0 Å². The van der Waals surface area contributed by atoms with Crippen molar-refractivity contribution in [1.29, 1.82) is 0 Å². The summed E-state index contributed by atoms with van der Waals surface area (Å²) in [5, 5.41) is 0. The van der Waals surface area contributed by atoms with Crippen molar-refractivity contribution in [2.75, 3.05) is 81.6 Å². The Bertz CT molecular complexity index is 1280. The highest BCUT2D eigenvalue weighted by Gasteiger charge is 2.40. The topological polar surface area (TPSA) is 148 Å². The highest BCUT2D eigenvalue weighted by atomic mass is 35.5. The van der Waals surface area contributed by atoms with Crippen LogP contribution in [0.25, 0.3) is 0 Å². The van der Waals surface area contributed by atoms with Crippen molar-refractivity contribution in [2.45, 2.75) is 89.1 Å². The van der Waals surface area contributed by atoms with E-state index in [0.717, 1.165) is 100 Å². The zero-order chi connectivity index (χ0) is 34.2. The van der Waals surface area contributed by atoms with Gasteiger partial charge in [0.2, 0.25) is 0 Å². The molecule has 4 heterocycles. The van der Waals surface area contributed by atoms with E-state index in [9.17, 15) is 9.59 Å². The number of hydrogen-bond donors (Lipinski definition) is 0. The Morgan fingerprint density at radius 1 is 0.582 bits per heavy atom. The van der Waals surface area contributed by atoms with Gasteiger partial charge in [0.05, 0.1) is 12.1 Å². The lowest BCUT2D eigenvalue weighted by Crippen LogP contribution is -2.48. The first kappa shape index (κ1) is 57.3. The van der Waals surface area contributed by atoms with Gasteiger partial charge in [-0.1, -0.05) is 36.5 Å². The molecule has 0 aromatic rings. The van der Waals surface area contributed by atoms with Crippen LogP contribution in [0.2, 0.25) is 0 Å². The van der Waals surface area contributed by atoms with Crippen LogP contribution in [0.1, 0.15) is 77.0 Å². The van der Waals surface area contributed by atoms with E-state index in [1.54, 1.807) is 0 Å². The predicted molar refractivity (Wildman–Crippen MR) is 237 cm³/mol. The number of hydrogen-bond acceptors (Lipinski definition) is 8. The van der Waals surface area contributed by atoms with Crippen LogP contribution in [0.4, 0.5) is 0 Å². The van der Waals surface area contributed by atoms with Crippen molar-refractivity contribution in [2.24, 2.45) is 0 Å². The molecule has 0 bridgehead atoms. The summed E-state index contributed by atoms with van der Waals surface area (Å²) in [6.07, 6.45) is 25.7. The highest BCUT2D eigenvalue weighted by molar-refractivity contribution is 6.11. The number of carbonyl (C=O) groups is 2. The SMILES string of the molecule is CN(C)CCCCN1C2=C(CCCCN2C)C(=O)C2=CC=CCC21.CN(C)CCCCN1C2=C(CCCCN2C)C(=O)C2=CC=CCC21.Cl.Cl.Cl.Cl.O.O.O. The number of halogens is 4. The minimum Gasteiger partial charge on any atom is -0.412 e. The van der Waals surface area contributed by atoms with E-state index in [1.165, 1.54) is 50.2 Å². The van der Waals surface area contributed by atoms with E-state index in [2.05, 4.69) is 108 Å². The minimum absolute atomic E-state index is 0. The first-order valence-corrected chi connectivity index (χ1v) is 18.7. The van der Waals surface area contributed by atoms with Gasteiger partial charge in [-0.3, -0.25) is 9.59 Å². The van der Waals surface area contributed by atoms with Gasteiger partial charge in [-0.15, -0.1) is 49.6 Å². The molecule has 0 saturated carbocycles. The molecule has 2 unspecified atom stereocenters. The van der Waals surface area contributed by atoms with Gasteiger partial charge in [-0.2, -0.15) is 0 Å². The Kier molecular flexibility index (Phi) is 28.7. The van der Waals surface area contributed by atoms with Crippen LogP contribution in [0, 0.1) is 0 Å². The normalized spacial score (nSPS) is 21.0. The molecule has 6 N–H and O–H groups in total. The maximum Gasteiger partial charge on any atom is 0.190 e. The lowest BCUT2D eigenvalue weighted by atomic mass is 9.85. The maximum atomic E-state index is 13.0. The molecule has 0 radical (unpaired) electrons. The van der Waals surface area contributed by atoms with Gasteiger partial charge in [-0.05, 0) is 118 Å². The third kappa shape index (κ3) is 14.1. The van der Waals surface area contributed by atoms with Crippen LogP contribution in [-0.2, 0) is 9.59 Å². The summed E-state index contributed by atoms with van der Waals surface area (Å²) < 4.78 is 0. The van der Waals surface area contributed by atoms with Gasteiger partial charge in [0, 0.05) is 62.6 Å². The summed E-state index contributed by atoms with van der Waals surface area (Å²) >= 11 is 0. The minimum atomic E-state index is 0. The molecule has 2 aliphatic carbocycles. The number of ketones is 2. The molecular weight excluding hydrogens is 786 g/mol. The Balaban J connectivity index is -0.000000872. The fraction of sp³-hybridized carbons (Fsp3) is 0.650. The summed E-state index contributed by atoms with van der Waals surface area (Å²) in [5.41, 5.74) is 4.14. The van der Waals surface area contributed by atoms with E-state index in [1.807, 2.05) is 0 Å². The quantitative estimate of drug-likeness (QED) is 0.285. The number of Topliss-reactive ketones (excluding diaryl/α,β-unsaturated/α-hetero) is 2. The standard InChI is InChI=1S/2C20H31N3O.4ClH.3H2O/c2*1-21(2)13-8-9-15-23-18-12-5-4-10-16(18)19(24)17-11-6-7-14-22(3)20(17)23;;;;;;;/h2*4-5,10,18H,6-9,11-15H2,1-3H3;4*1H;3*1H2. The molecule has 6 rings (SSSR count). The van der Waals surface area contributed by atoms with Crippen molar-refractivity contribution >= 4 is 61.2 Å². The van der Waals surface area contributed by atoms with Crippen LogP contribution in [0.3, 0.4) is 0 Å². The average molecular weight is 859 g/mol. The molecule has 11 nitrogen and oxygen atoms in total. The van der Waals surface area contributed by atoms with E-state index >= 15 is 0 Å². The molecule has 55 heavy (non-hydrogen) atoms. The Labute approximate surface area is 356 Å². The fourth-order valence-electron chi connectivity index (χ4n) is 8.28. The second-order valence-corrected chi connectivity index (χ2v) is 15.0. The first-order chi connectivity index (χ1) is 23.2. The molecule has 15 heteroatoms. The van der Waals surface area contributed by atoms with Gasteiger partial charge in [0.25, 0.3) is 0 Å². The van der Waals surface area contributed by atoms with Gasteiger partial charge in [0.1, 0.15) is 11.6 Å². The smallest absolute Gasteiger partial charge is 0.190 e. The molecule has 0 aromatic heterocycles. The van der Waals surface area contributed by atoms with Crippen molar-refractivity contribution in [1.82, 2.24) is 29.4 Å². The number of unbranched alkanes of at least 4 members (excludes halogenated alkanes) is 2. The number of rotatable bonds is 10. The predicted octanol–water partition coefficient (Wildman–Crippen LogP) is 4.80. The number of allylic oxidation sites excluding steroid dienone is 6. The van der Waals surface area contributed by atoms with Crippen molar-refractivity contribution in [3.63, 3.8) is 0 Å². The molecule has 4 aliphatic heterocycles. The lowest BCUT2D eigenvalue weighted by molar-refractivity contribution is -0.114. The first-order valence-electron chi connectivity index (χ1n) is 18.7. The Morgan fingerprint density at radius 3 is 1.29 bits per heavy atom. The largest absolute Gasteiger partial charge is 0.412 e. The fourth-order valence-corrected chi connectivity index (χ4v) is 8.28. The molecular formula is C40H72Cl4N6O5. The molecule has 320 valence electrons. The summed E-state index contributed by atoms with van der Waals surface area (Å²) in [6, 6.07) is 0.474. The van der Waals surface area contributed by atoms with Crippen molar-refractivity contribution < 1.29 is 26.0 Å². The summed E-state index contributed by atoms with van der Waals surface area (Å²) in [4.78, 5) is 40.3. The monoisotopic (exact) mass is 856 g/mol. The molecule has 6 aliphatic rings. The van der Waals surface area contributed by atoms with Gasteiger partial charge >= 0.3 is 0 Å². The molecule has 0 aromatic carbocycles. The molecule has 0 spiro atoms. The molecule has 0 amide bonds. The van der Waals surface area contributed by atoms with Gasteiger partial charge in [0.15, 0.2) is 11.6 Å². The summed E-state index contributed by atoms with van der Waals surface area (Å²) in [6.45, 7) is 6.45. The maximum absolute atomic E-state index is 13.0. The van der Waals surface area contributed by atoms with Crippen LogP contribution in [0.5, 0.6) is 0 Å². The Morgan fingerprint density at radius 2 is 0.945 bits per heavy atom. The summed E-state index contributed by atoms with van der Waals surface area (Å²) in [5.74, 6) is 3.05. The molecule has 0 saturated heterocycles. The van der Waals surface area contributed by atoms with E-state index < -0.39 is 0 Å². The van der Waals surface area contributed by atoms with Crippen molar-refractivity contribution in [3.05, 3.63) is 70.4 Å². The van der Waals surface area contributed by atoms with Crippen molar-refractivity contribution in [3.8, 4) is 0 Å². The summed E-state index contributed by atoms with van der Waals surface area (Å²) in [7, 11) is 12.8. The number of carbonyl (C=O) groups excluding carboxylic acids is 2. The van der Waals surface area contributed by atoms with Crippen LogP contribution in [-0.4, -0.2) is 151 Å². The highest BCUT2D eigenvalue weighted by Crippen LogP contribution is 2.39. The van der Waals surface area contributed by atoms with Gasteiger partial charge in [-0.25, -0.2) is 0 Å². The zero-order valence-corrected chi connectivity index (χ0v) is 37.2. The van der Waals surface area contributed by atoms with Crippen LogP contribution in [0.15, 0.2) is 70.4 Å². The average Bonchev–Trinajstić information content (AvgIpc) is 3.39. The zero-order valence-electron chi connectivity index (χ0n) is 34.0. The van der Waals surface area contributed by atoms with Gasteiger partial charge < -0.3 is 45.8 Å². The Hall–Kier alpha value is -2.06. The second-order valence-electron chi connectivity index (χ2n) is 15.0. The number of fused-ring (bicyclic) bond motifs is 2. The number of nitrogens with zero attached hydrogens (tertiary/aromatic N) is 6. The third-order valence-corrected chi connectivity index (χ3v) is 10.7. The van der Waals surface area contributed by atoms with Crippen LogP contribution >= 0.6 is 49.6 Å². The third-order valence-electron chi connectivity index (χ3n) is 10.7. The molecule has 0 fully saturated rings. The van der Waals surface area contributed by atoms with E-state index in [4.69, 9.17) is 0 Å². The molecule has 2 atom stereocenters. The second kappa shape index (κ2) is 27.6.